The van der Waals surface area contributed by atoms with E-state index in [0.717, 1.165) is 0 Å². The molecule has 0 atom stereocenters. The Morgan fingerprint density at radius 1 is 1.26 bits per heavy atom. The Morgan fingerprint density at radius 2 is 1.87 bits per heavy atom. The van der Waals surface area contributed by atoms with Gasteiger partial charge in [0.2, 0.25) is 0 Å². The van der Waals surface area contributed by atoms with Gasteiger partial charge >= 0.3 is 5.91 Å². The van der Waals surface area contributed by atoms with Crippen molar-refractivity contribution in [2.24, 2.45) is 12.8 Å². The number of alkyl halides is 2. The number of rotatable bonds is 6. The van der Waals surface area contributed by atoms with Gasteiger partial charge in [0, 0.05) is 24.0 Å². The highest BCUT2D eigenvalue weighted by atomic mass is 19.3. The van der Waals surface area contributed by atoms with Gasteiger partial charge in [-0.05, 0) is 51.3 Å². The number of Topliss-reactive ketones (excluding diaryl/α,β-unsaturated/α-hetero) is 1. The van der Waals surface area contributed by atoms with E-state index < -0.39 is 35.7 Å². The number of amides is 2. The van der Waals surface area contributed by atoms with Gasteiger partial charge in [-0.25, -0.2) is 8.78 Å². The van der Waals surface area contributed by atoms with Gasteiger partial charge in [0.05, 0.1) is 22.9 Å². The van der Waals surface area contributed by atoms with Crippen LogP contribution < -0.4 is 10.6 Å². The molecule has 2 amide bonds. The Morgan fingerprint density at radius 3 is 2.35 bits per heavy atom. The molecule has 3 rings (SSSR count). The molecule has 1 saturated carbocycles. The zero-order chi connectivity index (χ0) is 23.2. The first-order valence-corrected chi connectivity index (χ1v) is 9.79. The molecule has 1 heterocycles. The SMILES string of the molecule is Cc1c(C(N)=O)c(C)n(C)c1C(=O)C(=O)N(c1cccc(C(F)F)c1)C1(C)CC(O)C1. The Labute approximate surface area is 178 Å². The Hall–Kier alpha value is -3.07. The summed E-state index contributed by atoms with van der Waals surface area (Å²) >= 11 is 0. The standard InChI is InChI=1S/C22H25F2N3O4/c1-11-16(20(25)30)12(2)26(4)17(11)18(29)21(31)27(22(3)9-15(28)10-22)14-7-5-6-13(8-14)19(23)24/h5-8,15,19,28H,9-10H2,1-4H3,(H2,25,30). The molecule has 7 nitrogen and oxygen atoms in total. The summed E-state index contributed by atoms with van der Waals surface area (Å²) in [5.41, 5.74) is 5.26. The maximum absolute atomic E-state index is 13.4. The summed E-state index contributed by atoms with van der Waals surface area (Å²) in [6.07, 6.45) is -3.01. The average Bonchev–Trinajstić information content (AvgIpc) is 2.89. The minimum atomic E-state index is -2.75. The summed E-state index contributed by atoms with van der Waals surface area (Å²) in [4.78, 5) is 39.7. The molecule has 31 heavy (non-hydrogen) atoms. The van der Waals surface area contributed by atoms with Crippen molar-refractivity contribution >= 4 is 23.3 Å². The van der Waals surface area contributed by atoms with E-state index in [1.54, 1.807) is 20.9 Å². The van der Waals surface area contributed by atoms with Crippen molar-refractivity contribution in [2.45, 2.75) is 51.7 Å². The lowest BCUT2D eigenvalue weighted by Gasteiger charge is -2.50. The topological polar surface area (TPSA) is 106 Å². The van der Waals surface area contributed by atoms with E-state index in [1.165, 1.54) is 40.7 Å². The molecular weight excluding hydrogens is 408 g/mol. The number of aliphatic hydroxyl groups excluding tert-OH is 1. The first-order chi connectivity index (χ1) is 14.4. The van der Waals surface area contributed by atoms with E-state index in [1.807, 2.05) is 0 Å². The van der Waals surface area contributed by atoms with Crippen molar-refractivity contribution in [1.29, 1.82) is 0 Å². The molecule has 0 aliphatic heterocycles. The molecular formula is C22H25F2N3O4. The van der Waals surface area contributed by atoms with Crippen LogP contribution in [0.25, 0.3) is 0 Å². The largest absolute Gasteiger partial charge is 0.393 e. The minimum absolute atomic E-state index is 0.00906. The Bertz CT molecular complexity index is 1070. The predicted molar refractivity (Wildman–Crippen MR) is 110 cm³/mol. The predicted octanol–water partition coefficient (Wildman–Crippen LogP) is 2.81. The zero-order valence-corrected chi connectivity index (χ0v) is 17.8. The molecule has 1 aromatic heterocycles. The third-order valence-corrected chi connectivity index (χ3v) is 6.06. The van der Waals surface area contributed by atoms with Crippen LogP contribution in [0, 0.1) is 13.8 Å². The van der Waals surface area contributed by atoms with Crippen LogP contribution in [0.2, 0.25) is 0 Å². The minimum Gasteiger partial charge on any atom is -0.393 e. The lowest BCUT2D eigenvalue weighted by atomic mass is 9.74. The molecule has 0 spiro atoms. The smallest absolute Gasteiger partial charge is 0.301 e. The summed E-state index contributed by atoms with van der Waals surface area (Å²) in [5.74, 6) is -2.53. The van der Waals surface area contributed by atoms with Gasteiger partial charge in [0.1, 0.15) is 0 Å². The number of ketones is 1. The molecule has 3 N–H and O–H groups in total. The van der Waals surface area contributed by atoms with Crippen molar-refractivity contribution < 1.29 is 28.3 Å². The number of benzene rings is 1. The number of nitrogens with zero attached hydrogens (tertiary/aromatic N) is 2. The van der Waals surface area contributed by atoms with Crippen molar-refractivity contribution in [3.8, 4) is 0 Å². The fourth-order valence-corrected chi connectivity index (χ4v) is 4.48. The quantitative estimate of drug-likeness (QED) is 0.540. The summed E-state index contributed by atoms with van der Waals surface area (Å²) in [6, 6.07) is 5.28. The van der Waals surface area contributed by atoms with Crippen molar-refractivity contribution in [3.63, 3.8) is 0 Å². The van der Waals surface area contributed by atoms with E-state index in [2.05, 4.69) is 0 Å². The second-order valence-corrected chi connectivity index (χ2v) is 8.28. The summed E-state index contributed by atoms with van der Waals surface area (Å²) in [7, 11) is 1.55. The highest BCUT2D eigenvalue weighted by Gasteiger charge is 2.49. The lowest BCUT2D eigenvalue weighted by molar-refractivity contribution is -0.117. The van der Waals surface area contributed by atoms with Crippen LogP contribution >= 0.6 is 0 Å². The Balaban J connectivity index is 2.10. The van der Waals surface area contributed by atoms with Gasteiger partial charge in [-0.15, -0.1) is 0 Å². The van der Waals surface area contributed by atoms with E-state index in [9.17, 15) is 28.3 Å². The molecule has 1 aromatic carbocycles. The maximum Gasteiger partial charge on any atom is 0.301 e. The number of primary amides is 1. The molecule has 1 fully saturated rings. The Kier molecular flexibility index (Phi) is 5.75. The fourth-order valence-electron chi connectivity index (χ4n) is 4.48. The van der Waals surface area contributed by atoms with Gasteiger partial charge in [-0.2, -0.15) is 0 Å². The van der Waals surface area contributed by atoms with Crippen LogP contribution in [-0.4, -0.2) is 38.9 Å². The first kappa shape index (κ1) is 22.6. The molecule has 166 valence electrons. The number of carbonyl (C=O) groups is 3. The van der Waals surface area contributed by atoms with Gasteiger partial charge in [-0.1, -0.05) is 12.1 Å². The number of anilines is 1. The molecule has 9 heteroatoms. The van der Waals surface area contributed by atoms with Gasteiger partial charge in [0.15, 0.2) is 0 Å². The number of aromatic nitrogens is 1. The van der Waals surface area contributed by atoms with Crippen molar-refractivity contribution in [2.75, 3.05) is 4.90 Å². The van der Waals surface area contributed by atoms with Crippen LogP contribution in [0.5, 0.6) is 0 Å². The maximum atomic E-state index is 13.4. The summed E-state index contributed by atoms with van der Waals surface area (Å²) in [6.45, 7) is 4.84. The number of halogens is 2. The van der Waals surface area contributed by atoms with Crippen LogP contribution in [0.1, 0.15) is 63.9 Å². The molecule has 0 saturated heterocycles. The third kappa shape index (κ3) is 3.74. The third-order valence-electron chi connectivity index (χ3n) is 6.06. The molecule has 0 radical (unpaired) electrons. The van der Waals surface area contributed by atoms with E-state index in [4.69, 9.17) is 5.73 Å². The number of hydrogen-bond donors (Lipinski definition) is 2. The van der Waals surface area contributed by atoms with Crippen molar-refractivity contribution in [1.82, 2.24) is 4.57 Å². The number of aliphatic hydroxyl groups is 1. The first-order valence-electron chi connectivity index (χ1n) is 9.79. The van der Waals surface area contributed by atoms with E-state index in [-0.39, 0.29) is 40.9 Å². The number of hydrogen-bond acceptors (Lipinski definition) is 4. The second-order valence-electron chi connectivity index (χ2n) is 8.28. The number of nitrogens with two attached hydrogens (primary N) is 1. The van der Waals surface area contributed by atoms with Gasteiger partial charge < -0.3 is 15.4 Å². The monoisotopic (exact) mass is 433 g/mol. The second kappa shape index (κ2) is 7.88. The van der Waals surface area contributed by atoms with Crippen LogP contribution in [0.3, 0.4) is 0 Å². The van der Waals surface area contributed by atoms with E-state index in [0.29, 0.717) is 5.69 Å². The highest BCUT2D eigenvalue weighted by Crippen LogP contribution is 2.41. The van der Waals surface area contributed by atoms with Crippen LogP contribution in [0.15, 0.2) is 24.3 Å². The van der Waals surface area contributed by atoms with Crippen LogP contribution in [0.4, 0.5) is 14.5 Å². The lowest BCUT2D eigenvalue weighted by Crippen LogP contribution is -2.61. The van der Waals surface area contributed by atoms with Gasteiger partial charge in [-0.3, -0.25) is 19.3 Å². The fraction of sp³-hybridized carbons (Fsp3) is 0.409. The van der Waals surface area contributed by atoms with E-state index >= 15 is 0 Å². The normalized spacial score (nSPS) is 20.5. The molecule has 0 bridgehead atoms. The average molecular weight is 433 g/mol. The van der Waals surface area contributed by atoms with Crippen molar-refractivity contribution in [3.05, 3.63) is 52.3 Å². The summed E-state index contributed by atoms with van der Waals surface area (Å²) < 4.78 is 28.0. The molecule has 1 aliphatic rings. The molecule has 2 aromatic rings. The van der Waals surface area contributed by atoms with Crippen LogP contribution in [-0.2, 0) is 11.8 Å². The molecule has 1 aliphatic carbocycles. The molecule has 0 unspecified atom stereocenters. The summed E-state index contributed by atoms with van der Waals surface area (Å²) in [5, 5.41) is 9.85. The van der Waals surface area contributed by atoms with Gasteiger partial charge in [0.25, 0.3) is 18.1 Å². The zero-order valence-electron chi connectivity index (χ0n) is 17.8. The highest BCUT2D eigenvalue weighted by molar-refractivity contribution is 6.47. The number of carbonyl (C=O) groups excluding carboxylic acids is 3.